The maximum atomic E-state index is 12.5. The van der Waals surface area contributed by atoms with E-state index < -0.39 is 85.6 Å². The van der Waals surface area contributed by atoms with Gasteiger partial charge in [0.25, 0.3) is 0 Å². The van der Waals surface area contributed by atoms with Crippen LogP contribution >= 0.6 is 0 Å². The van der Waals surface area contributed by atoms with Crippen molar-refractivity contribution in [3.8, 4) is 0 Å². The Kier molecular flexibility index (Phi) is 11.1. The predicted octanol–water partition coefficient (Wildman–Crippen LogP) is -4.45. The van der Waals surface area contributed by atoms with Crippen molar-refractivity contribution in [3.05, 3.63) is 18.2 Å². The van der Waals surface area contributed by atoms with E-state index in [1.54, 1.807) is 0 Å². The zero-order valence-corrected chi connectivity index (χ0v) is 17.9. The summed E-state index contributed by atoms with van der Waals surface area (Å²) in [6.45, 7) is -0.893. The third-order valence-corrected chi connectivity index (χ3v) is 4.45. The molecule has 0 aromatic carbocycles. The Labute approximate surface area is 192 Å². The number of aliphatic hydroxyl groups is 1. The molecule has 0 spiro atoms. The Morgan fingerprint density at radius 1 is 0.971 bits per heavy atom. The van der Waals surface area contributed by atoms with Gasteiger partial charge in [0.1, 0.15) is 18.1 Å². The number of aliphatic carboxylic acids is 2. The Morgan fingerprint density at radius 2 is 1.56 bits per heavy atom. The first-order chi connectivity index (χ1) is 15.9. The van der Waals surface area contributed by atoms with Crippen LogP contribution in [0.3, 0.4) is 0 Å². The molecule has 0 aliphatic rings. The number of nitrogens with two attached hydrogens (primary N) is 2. The summed E-state index contributed by atoms with van der Waals surface area (Å²) in [5.41, 5.74) is 11.4. The summed E-state index contributed by atoms with van der Waals surface area (Å²) in [5.74, 6) is -6.88. The van der Waals surface area contributed by atoms with Crippen LogP contribution < -0.4 is 27.4 Å². The molecule has 0 saturated heterocycles. The molecule has 1 heterocycles. The van der Waals surface area contributed by atoms with Crippen molar-refractivity contribution in [3.63, 3.8) is 0 Å². The number of carbonyl (C=O) groups excluding carboxylic acids is 4. The van der Waals surface area contributed by atoms with Gasteiger partial charge in [-0.3, -0.25) is 24.0 Å². The fourth-order valence-corrected chi connectivity index (χ4v) is 2.68. The number of imidazole rings is 1. The molecule has 16 nitrogen and oxygen atoms in total. The van der Waals surface area contributed by atoms with Crippen molar-refractivity contribution >= 4 is 35.6 Å². The van der Waals surface area contributed by atoms with E-state index >= 15 is 0 Å². The number of H-pyrrole nitrogens is 1. The number of rotatable bonds is 15. The topological polar surface area (TPSA) is 280 Å². The fourth-order valence-electron chi connectivity index (χ4n) is 2.68. The number of aromatic nitrogens is 2. The lowest BCUT2D eigenvalue weighted by Crippen LogP contribution is -2.58. The number of carboxylic acid groups (broad SMARTS) is 2. The first-order valence-corrected chi connectivity index (χ1v) is 9.92. The molecule has 4 atom stereocenters. The second-order valence-electron chi connectivity index (χ2n) is 7.19. The van der Waals surface area contributed by atoms with E-state index in [4.69, 9.17) is 21.7 Å². The van der Waals surface area contributed by atoms with Crippen LogP contribution in [0.15, 0.2) is 12.5 Å². The summed E-state index contributed by atoms with van der Waals surface area (Å²) in [6, 6.07) is -5.96. The minimum Gasteiger partial charge on any atom is -0.481 e. The number of amides is 4. The maximum absolute atomic E-state index is 12.5. The zero-order chi connectivity index (χ0) is 25.8. The van der Waals surface area contributed by atoms with Gasteiger partial charge in [-0.05, 0) is 6.42 Å². The van der Waals surface area contributed by atoms with E-state index in [-0.39, 0.29) is 6.42 Å². The third-order valence-electron chi connectivity index (χ3n) is 4.45. The first-order valence-electron chi connectivity index (χ1n) is 9.92. The van der Waals surface area contributed by atoms with Crippen LogP contribution in [-0.2, 0) is 35.2 Å². The molecule has 0 aliphatic carbocycles. The number of primary amides is 1. The highest BCUT2D eigenvalue weighted by Crippen LogP contribution is 2.02. The van der Waals surface area contributed by atoms with E-state index in [0.29, 0.717) is 5.69 Å². The van der Waals surface area contributed by atoms with Crippen LogP contribution in [0, 0.1) is 0 Å². The zero-order valence-electron chi connectivity index (χ0n) is 17.9. The average molecular weight is 485 g/mol. The molecule has 4 amide bonds. The highest BCUT2D eigenvalue weighted by molar-refractivity contribution is 5.96. The lowest BCUT2D eigenvalue weighted by molar-refractivity contribution is -0.143. The summed E-state index contributed by atoms with van der Waals surface area (Å²) in [7, 11) is 0. The third kappa shape index (κ3) is 9.61. The minimum absolute atomic E-state index is 0.0469. The van der Waals surface area contributed by atoms with Gasteiger partial charge in [-0.1, -0.05) is 0 Å². The summed E-state index contributed by atoms with van der Waals surface area (Å²) in [6.07, 6.45) is 1.10. The van der Waals surface area contributed by atoms with Gasteiger partial charge in [0, 0.05) is 24.7 Å². The van der Waals surface area contributed by atoms with Gasteiger partial charge >= 0.3 is 11.9 Å². The summed E-state index contributed by atoms with van der Waals surface area (Å²) in [5, 5.41) is 33.7. The molecule has 188 valence electrons. The number of hydrogen-bond donors (Lipinski definition) is 9. The van der Waals surface area contributed by atoms with Crippen molar-refractivity contribution in [2.24, 2.45) is 11.5 Å². The molecule has 34 heavy (non-hydrogen) atoms. The van der Waals surface area contributed by atoms with Gasteiger partial charge in [-0.25, -0.2) is 9.78 Å². The van der Waals surface area contributed by atoms with Crippen LogP contribution in [0.4, 0.5) is 0 Å². The highest BCUT2D eigenvalue weighted by atomic mass is 16.4. The lowest BCUT2D eigenvalue weighted by atomic mass is 10.1. The van der Waals surface area contributed by atoms with Gasteiger partial charge in [0.2, 0.25) is 23.6 Å². The van der Waals surface area contributed by atoms with Gasteiger partial charge in [0.15, 0.2) is 0 Å². The lowest BCUT2D eigenvalue weighted by Gasteiger charge is -2.23. The monoisotopic (exact) mass is 485 g/mol. The molecular formula is C18H27N7O9. The van der Waals surface area contributed by atoms with Gasteiger partial charge in [-0.15, -0.1) is 0 Å². The van der Waals surface area contributed by atoms with Crippen molar-refractivity contribution in [2.45, 2.75) is 49.9 Å². The molecule has 1 aromatic heterocycles. The highest BCUT2D eigenvalue weighted by Gasteiger charge is 2.31. The number of aliphatic hydroxyl groups excluding tert-OH is 1. The number of nitrogens with zero attached hydrogens (tertiary/aromatic N) is 1. The number of nitrogens with one attached hydrogen (secondary N) is 4. The van der Waals surface area contributed by atoms with Crippen LogP contribution in [-0.4, -0.2) is 91.6 Å². The number of carbonyl (C=O) groups is 6. The minimum atomic E-state index is -1.67. The molecule has 1 aromatic rings. The van der Waals surface area contributed by atoms with E-state index in [2.05, 4.69) is 20.6 Å². The van der Waals surface area contributed by atoms with Crippen LogP contribution in [0.2, 0.25) is 0 Å². The van der Waals surface area contributed by atoms with E-state index in [0.717, 1.165) is 0 Å². The van der Waals surface area contributed by atoms with Crippen molar-refractivity contribution in [2.75, 3.05) is 6.61 Å². The fraction of sp³-hybridized carbons (Fsp3) is 0.500. The average Bonchev–Trinajstić information content (AvgIpc) is 3.26. The molecule has 1 rings (SSSR count). The number of carboxylic acids is 2. The molecule has 0 saturated carbocycles. The Balaban J connectivity index is 2.82. The van der Waals surface area contributed by atoms with E-state index in [1.165, 1.54) is 12.5 Å². The molecule has 0 radical (unpaired) electrons. The van der Waals surface area contributed by atoms with Crippen LogP contribution in [0.25, 0.3) is 0 Å². The van der Waals surface area contributed by atoms with E-state index in [1.807, 2.05) is 5.32 Å². The summed E-state index contributed by atoms with van der Waals surface area (Å²) in [4.78, 5) is 77.1. The number of hydrogen-bond acceptors (Lipinski definition) is 9. The van der Waals surface area contributed by atoms with Crippen molar-refractivity contribution < 1.29 is 44.1 Å². The van der Waals surface area contributed by atoms with E-state index in [9.17, 15) is 33.9 Å². The second-order valence-corrected chi connectivity index (χ2v) is 7.19. The quantitative estimate of drug-likeness (QED) is 0.114. The van der Waals surface area contributed by atoms with Gasteiger partial charge in [0.05, 0.1) is 25.4 Å². The van der Waals surface area contributed by atoms with Crippen molar-refractivity contribution in [1.29, 1.82) is 0 Å². The molecule has 4 unspecified atom stereocenters. The number of aromatic amines is 1. The normalized spacial score (nSPS) is 14.2. The standard InChI is InChI=1S/C18H27N7O9/c19-9(3-8-5-21-7-22-8)15(30)25-12(6-26)17(32)24-11(4-13(20)27)16(31)23-10(18(33)34)1-2-14(28)29/h5,7,9-12,26H,1-4,6,19H2,(H2,20,27)(H,21,22)(H,23,31)(H,24,32)(H,25,30)(H,28,29)(H,33,34). The maximum Gasteiger partial charge on any atom is 0.326 e. The summed E-state index contributed by atoms with van der Waals surface area (Å²) < 4.78 is 0. The molecule has 0 bridgehead atoms. The Morgan fingerprint density at radius 3 is 2.06 bits per heavy atom. The summed E-state index contributed by atoms with van der Waals surface area (Å²) >= 11 is 0. The molecule has 11 N–H and O–H groups in total. The SMILES string of the molecule is NC(=O)CC(NC(=O)C(CO)NC(=O)C(N)Cc1cnc[nH]1)C(=O)NC(CCC(=O)O)C(=O)O. The van der Waals surface area contributed by atoms with Gasteiger partial charge in [-0.2, -0.15) is 0 Å². The Bertz CT molecular complexity index is 890. The van der Waals surface area contributed by atoms with Crippen LogP contribution in [0.5, 0.6) is 0 Å². The van der Waals surface area contributed by atoms with Crippen molar-refractivity contribution in [1.82, 2.24) is 25.9 Å². The Hall–Kier alpha value is -4.05. The largest absolute Gasteiger partial charge is 0.481 e. The first kappa shape index (κ1) is 28.0. The smallest absolute Gasteiger partial charge is 0.326 e. The predicted molar refractivity (Wildman–Crippen MR) is 111 cm³/mol. The molecule has 0 fully saturated rings. The van der Waals surface area contributed by atoms with Crippen LogP contribution in [0.1, 0.15) is 25.0 Å². The van der Waals surface area contributed by atoms with Gasteiger partial charge < -0.3 is 47.7 Å². The molecular weight excluding hydrogens is 458 g/mol. The molecule has 0 aliphatic heterocycles. The second kappa shape index (κ2) is 13.5. The molecule has 16 heteroatoms.